The maximum atomic E-state index is 4.53. The Hall–Kier alpha value is -1.16. The van der Waals surface area contributed by atoms with Crippen LogP contribution in [0.2, 0.25) is 0 Å². The average Bonchev–Trinajstić information content (AvgIpc) is 3.17. The molecule has 1 unspecified atom stereocenters. The smallest absolute Gasteiger partial charge is 0.191 e. The summed E-state index contributed by atoms with van der Waals surface area (Å²) < 4.78 is 2.08. The summed E-state index contributed by atoms with van der Waals surface area (Å²) >= 11 is 1.79. The van der Waals surface area contributed by atoms with Crippen LogP contribution < -0.4 is 10.6 Å². The van der Waals surface area contributed by atoms with Crippen LogP contribution in [0, 0.1) is 19.8 Å². The number of nitrogens with zero attached hydrogens (tertiary/aromatic N) is 4. The molecule has 8 heteroatoms. The average molecular weight is 490 g/mol. The zero-order valence-electron chi connectivity index (χ0n) is 16.4. The van der Waals surface area contributed by atoms with Crippen LogP contribution in [0.15, 0.2) is 17.3 Å². The fourth-order valence-electron chi connectivity index (χ4n) is 2.63. The Morgan fingerprint density at radius 3 is 2.69 bits per heavy atom. The first-order chi connectivity index (χ1) is 12.0. The Balaban J connectivity index is 0.00000338. The molecule has 0 amide bonds. The molecule has 1 atom stereocenters. The van der Waals surface area contributed by atoms with Crippen molar-refractivity contribution in [3.8, 4) is 0 Å². The van der Waals surface area contributed by atoms with Gasteiger partial charge in [-0.15, -0.1) is 35.3 Å². The van der Waals surface area contributed by atoms with Gasteiger partial charge in [-0.25, -0.2) is 4.98 Å². The molecule has 0 saturated carbocycles. The number of rotatable bonds is 8. The van der Waals surface area contributed by atoms with E-state index in [1.165, 1.54) is 15.6 Å². The lowest BCUT2D eigenvalue weighted by Gasteiger charge is -2.16. The molecule has 2 N–H and O–H groups in total. The van der Waals surface area contributed by atoms with Gasteiger partial charge in [-0.2, -0.15) is 5.10 Å². The Morgan fingerprint density at radius 2 is 2.12 bits per heavy atom. The van der Waals surface area contributed by atoms with Crippen molar-refractivity contribution in [2.45, 2.75) is 47.1 Å². The number of halogens is 1. The highest BCUT2D eigenvalue weighted by atomic mass is 127. The third kappa shape index (κ3) is 7.22. The van der Waals surface area contributed by atoms with Crippen LogP contribution in [0.4, 0.5) is 0 Å². The molecule has 0 saturated heterocycles. The number of aromatic nitrogens is 3. The van der Waals surface area contributed by atoms with Crippen LogP contribution in [0.5, 0.6) is 0 Å². The predicted octanol–water partition coefficient (Wildman–Crippen LogP) is 3.18. The molecule has 0 bridgehead atoms. The van der Waals surface area contributed by atoms with E-state index in [1.54, 1.807) is 18.4 Å². The van der Waals surface area contributed by atoms with Crippen LogP contribution in [0.1, 0.15) is 35.1 Å². The number of hydrogen-bond acceptors (Lipinski definition) is 4. The summed E-state index contributed by atoms with van der Waals surface area (Å²) in [6.45, 7) is 11.1. The zero-order chi connectivity index (χ0) is 18.2. The van der Waals surface area contributed by atoms with Gasteiger partial charge < -0.3 is 10.6 Å². The highest BCUT2D eigenvalue weighted by Crippen LogP contribution is 2.13. The number of guanidine groups is 1. The lowest BCUT2D eigenvalue weighted by molar-refractivity contribution is 0.436. The SMILES string of the molecule is CCc1cnc(CCNC(=NC)NCC(C)Cn2nc(C)cc2C)s1.I. The Labute approximate surface area is 177 Å². The summed E-state index contributed by atoms with van der Waals surface area (Å²) in [4.78, 5) is 10.1. The highest BCUT2D eigenvalue weighted by molar-refractivity contribution is 14.0. The standard InChI is InChI=1S/C18H30N6S.HI/c1-6-16-11-21-17(25-16)7-8-20-18(19-5)22-10-13(2)12-24-15(4)9-14(3)23-24;/h9,11,13H,6-8,10,12H2,1-5H3,(H2,19,20,22);1H. The van der Waals surface area contributed by atoms with Crippen LogP contribution in [-0.4, -0.2) is 40.9 Å². The van der Waals surface area contributed by atoms with Crippen molar-refractivity contribution in [3.05, 3.63) is 33.5 Å². The van der Waals surface area contributed by atoms with Gasteiger partial charge in [0.15, 0.2) is 5.96 Å². The molecule has 0 spiro atoms. The third-order valence-electron chi connectivity index (χ3n) is 4.01. The molecule has 6 nitrogen and oxygen atoms in total. The maximum absolute atomic E-state index is 4.53. The minimum Gasteiger partial charge on any atom is -0.356 e. The Morgan fingerprint density at radius 1 is 1.35 bits per heavy atom. The van der Waals surface area contributed by atoms with E-state index in [4.69, 9.17) is 0 Å². The molecule has 0 aromatic carbocycles. The number of aryl methyl sites for hydroxylation is 3. The van der Waals surface area contributed by atoms with E-state index in [1.807, 2.05) is 13.1 Å². The molecule has 26 heavy (non-hydrogen) atoms. The molecular weight excluding hydrogens is 459 g/mol. The molecule has 0 aliphatic rings. The monoisotopic (exact) mass is 490 g/mol. The molecule has 2 rings (SSSR count). The lowest BCUT2D eigenvalue weighted by atomic mass is 10.2. The molecule has 0 fully saturated rings. The quantitative estimate of drug-likeness (QED) is 0.339. The lowest BCUT2D eigenvalue weighted by Crippen LogP contribution is -2.40. The first-order valence-electron chi connectivity index (χ1n) is 8.91. The topological polar surface area (TPSA) is 67.1 Å². The van der Waals surface area contributed by atoms with Crippen molar-refractivity contribution >= 4 is 41.3 Å². The molecular formula is C18H31IN6S. The highest BCUT2D eigenvalue weighted by Gasteiger charge is 2.08. The number of thiazole rings is 1. The predicted molar refractivity (Wildman–Crippen MR) is 121 cm³/mol. The number of aliphatic imine (C=N–C) groups is 1. The van der Waals surface area contributed by atoms with Gasteiger partial charge in [0.2, 0.25) is 0 Å². The minimum atomic E-state index is 0. The summed E-state index contributed by atoms with van der Waals surface area (Å²) in [5.74, 6) is 1.30. The van der Waals surface area contributed by atoms with Gasteiger partial charge in [-0.1, -0.05) is 13.8 Å². The largest absolute Gasteiger partial charge is 0.356 e. The van der Waals surface area contributed by atoms with Crippen molar-refractivity contribution in [1.82, 2.24) is 25.4 Å². The fourth-order valence-corrected chi connectivity index (χ4v) is 3.49. The third-order valence-corrected chi connectivity index (χ3v) is 5.21. The van der Waals surface area contributed by atoms with Crippen LogP contribution >= 0.6 is 35.3 Å². The van der Waals surface area contributed by atoms with E-state index in [-0.39, 0.29) is 24.0 Å². The molecule has 0 radical (unpaired) electrons. The van der Waals surface area contributed by atoms with Crippen molar-refractivity contribution in [1.29, 1.82) is 0 Å². The summed E-state index contributed by atoms with van der Waals surface area (Å²) in [5, 5.41) is 12.5. The van der Waals surface area contributed by atoms with Crippen molar-refractivity contribution in [3.63, 3.8) is 0 Å². The van der Waals surface area contributed by atoms with Crippen LogP contribution in [-0.2, 0) is 19.4 Å². The van der Waals surface area contributed by atoms with E-state index in [0.717, 1.165) is 44.1 Å². The Kier molecular flexibility index (Phi) is 10.1. The van der Waals surface area contributed by atoms with Crippen LogP contribution in [0.3, 0.4) is 0 Å². The first kappa shape index (κ1) is 22.9. The van der Waals surface area contributed by atoms with Gasteiger partial charge in [0.25, 0.3) is 0 Å². The zero-order valence-corrected chi connectivity index (χ0v) is 19.5. The van der Waals surface area contributed by atoms with E-state index < -0.39 is 0 Å². The normalized spacial score (nSPS) is 12.6. The second-order valence-electron chi connectivity index (χ2n) is 6.42. The molecule has 146 valence electrons. The Bertz CT molecular complexity index is 694. The second kappa shape index (κ2) is 11.5. The maximum Gasteiger partial charge on any atom is 0.191 e. The molecule has 2 aromatic rings. The van der Waals surface area contributed by atoms with Gasteiger partial charge in [0.05, 0.1) is 10.7 Å². The molecule has 2 heterocycles. The van der Waals surface area contributed by atoms with Gasteiger partial charge in [-0.3, -0.25) is 9.67 Å². The van der Waals surface area contributed by atoms with E-state index >= 15 is 0 Å². The summed E-state index contributed by atoms with van der Waals surface area (Å²) in [6, 6.07) is 2.11. The van der Waals surface area contributed by atoms with Crippen molar-refractivity contribution in [2.75, 3.05) is 20.1 Å². The number of hydrogen-bond donors (Lipinski definition) is 2. The minimum absolute atomic E-state index is 0. The second-order valence-corrected chi connectivity index (χ2v) is 7.62. The molecule has 0 aliphatic carbocycles. The summed E-state index contributed by atoms with van der Waals surface area (Å²) in [6.07, 6.45) is 3.96. The summed E-state index contributed by atoms with van der Waals surface area (Å²) in [5.41, 5.74) is 2.28. The first-order valence-corrected chi connectivity index (χ1v) is 9.72. The van der Waals surface area contributed by atoms with Gasteiger partial charge in [-0.05, 0) is 32.3 Å². The molecule has 2 aromatic heterocycles. The van der Waals surface area contributed by atoms with E-state index in [0.29, 0.717) is 5.92 Å². The summed E-state index contributed by atoms with van der Waals surface area (Å²) in [7, 11) is 1.81. The van der Waals surface area contributed by atoms with Gasteiger partial charge >= 0.3 is 0 Å². The van der Waals surface area contributed by atoms with Crippen LogP contribution in [0.25, 0.3) is 0 Å². The van der Waals surface area contributed by atoms with Crippen molar-refractivity contribution < 1.29 is 0 Å². The van der Waals surface area contributed by atoms with E-state index in [2.05, 4.69) is 57.2 Å². The van der Waals surface area contributed by atoms with Gasteiger partial charge in [0.1, 0.15) is 0 Å². The van der Waals surface area contributed by atoms with Gasteiger partial charge in [0, 0.05) is 49.9 Å². The fraction of sp³-hybridized carbons (Fsp3) is 0.611. The van der Waals surface area contributed by atoms with Crippen molar-refractivity contribution in [2.24, 2.45) is 10.9 Å². The number of nitrogens with one attached hydrogen (secondary N) is 2. The van der Waals surface area contributed by atoms with E-state index in [9.17, 15) is 0 Å². The molecule has 0 aliphatic heterocycles.